The Hall–Kier alpha value is -4.12. The number of rotatable bonds is 3. The molecule has 0 fully saturated rings. The van der Waals surface area contributed by atoms with Crippen LogP contribution in [-0.2, 0) is 13.1 Å². The number of anilines is 2. The van der Waals surface area contributed by atoms with Gasteiger partial charge < -0.3 is 14.8 Å². The van der Waals surface area contributed by atoms with Crippen molar-refractivity contribution in [2.75, 3.05) is 10.2 Å². The van der Waals surface area contributed by atoms with Gasteiger partial charge in [-0.15, -0.1) is 0 Å². The summed E-state index contributed by atoms with van der Waals surface area (Å²) in [4.78, 5) is 28.5. The number of para-hydroxylation sites is 1. The van der Waals surface area contributed by atoms with E-state index in [2.05, 4.69) is 28.2 Å². The zero-order valence-electron chi connectivity index (χ0n) is 19.6. The Kier molecular flexibility index (Phi) is 5.54. The van der Waals surface area contributed by atoms with Crippen molar-refractivity contribution in [2.24, 2.45) is 0 Å². The number of aryl methyl sites for hydroxylation is 3. The normalized spacial score (nSPS) is 12.5. The summed E-state index contributed by atoms with van der Waals surface area (Å²) in [6.45, 7) is 7.03. The first-order chi connectivity index (χ1) is 16.4. The average molecular weight is 450 g/mol. The van der Waals surface area contributed by atoms with Gasteiger partial charge in [0.2, 0.25) is 0 Å². The van der Waals surface area contributed by atoms with Crippen LogP contribution in [0.2, 0.25) is 0 Å². The lowest BCUT2D eigenvalue weighted by atomic mass is 10.0. The molecule has 0 unspecified atom stereocenters. The number of carbonyl (C=O) groups excluding carboxylic acids is 2. The molecule has 34 heavy (non-hydrogen) atoms. The van der Waals surface area contributed by atoms with Crippen LogP contribution in [0.25, 0.3) is 0 Å². The van der Waals surface area contributed by atoms with Gasteiger partial charge in [-0.3, -0.25) is 9.59 Å². The van der Waals surface area contributed by atoms with Crippen molar-refractivity contribution in [3.8, 4) is 0 Å². The van der Waals surface area contributed by atoms with E-state index in [4.69, 9.17) is 0 Å². The lowest BCUT2D eigenvalue weighted by Gasteiger charge is -2.24. The van der Waals surface area contributed by atoms with Crippen molar-refractivity contribution in [3.63, 3.8) is 0 Å². The maximum absolute atomic E-state index is 13.8. The van der Waals surface area contributed by atoms with Crippen LogP contribution in [0.1, 0.15) is 48.7 Å². The molecule has 170 valence electrons. The fraction of sp³-hybridized carbons (Fsp3) is 0.172. The van der Waals surface area contributed by atoms with Gasteiger partial charge in [0.05, 0.1) is 6.54 Å². The van der Waals surface area contributed by atoms with Crippen LogP contribution in [0.3, 0.4) is 0 Å². The predicted octanol–water partition coefficient (Wildman–Crippen LogP) is 5.87. The van der Waals surface area contributed by atoms with Gasteiger partial charge in [-0.1, -0.05) is 36.4 Å². The summed E-state index contributed by atoms with van der Waals surface area (Å²) in [7, 11) is 0. The van der Waals surface area contributed by atoms with Gasteiger partial charge in [-0.05, 0) is 79.4 Å². The van der Waals surface area contributed by atoms with E-state index >= 15 is 0 Å². The van der Waals surface area contributed by atoms with E-state index in [0.717, 1.165) is 45.9 Å². The number of aromatic nitrogens is 1. The van der Waals surface area contributed by atoms with Crippen molar-refractivity contribution in [1.29, 1.82) is 0 Å². The molecule has 1 N–H and O–H groups in total. The van der Waals surface area contributed by atoms with Gasteiger partial charge in [0.25, 0.3) is 11.8 Å². The number of nitrogens with zero attached hydrogens (tertiary/aromatic N) is 2. The standard InChI is InChI=1S/C29H27N3O2/c1-19-9-4-6-12-25(19)28(33)30-27-20(2)15-23(16-21(27)3)29(34)32-18-24-11-8-14-31(24)17-22-10-5-7-13-26(22)32/h4-16H,17-18H2,1-3H3,(H,30,33). The van der Waals surface area contributed by atoms with E-state index < -0.39 is 0 Å². The lowest BCUT2D eigenvalue weighted by molar-refractivity contribution is 0.0983. The molecule has 5 rings (SSSR count). The first-order valence-electron chi connectivity index (χ1n) is 11.4. The minimum atomic E-state index is -0.148. The fourth-order valence-corrected chi connectivity index (χ4v) is 4.72. The summed E-state index contributed by atoms with van der Waals surface area (Å²) < 4.78 is 2.19. The Labute approximate surface area is 199 Å². The monoisotopic (exact) mass is 449 g/mol. The summed E-state index contributed by atoms with van der Waals surface area (Å²) in [6, 6.07) is 23.4. The number of fused-ring (bicyclic) bond motifs is 2. The van der Waals surface area contributed by atoms with Gasteiger partial charge in [0.15, 0.2) is 0 Å². The SMILES string of the molecule is Cc1ccccc1C(=O)Nc1c(C)cc(C(=O)N2Cc3cccn3Cc3ccccc32)cc1C. The van der Waals surface area contributed by atoms with Crippen LogP contribution >= 0.6 is 0 Å². The quantitative estimate of drug-likeness (QED) is 0.425. The third-order valence-corrected chi connectivity index (χ3v) is 6.52. The summed E-state index contributed by atoms with van der Waals surface area (Å²) in [5.74, 6) is -0.198. The maximum atomic E-state index is 13.8. The second-order valence-electron chi connectivity index (χ2n) is 8.90. The number of carbonyl (C=O) groups is 2. The highest BCUT2D eigenvalue weighted by Gasteiger charge is 2.25. The van der Waals surface area contributed by atoms with Crippen LogP contribution in [0.15, 0.2) is 79.0 Å². The average Bonchev–Trinajstić information content (AvgIpc) is 3.20. The highest BCUT2D eigenvalue weighted by molar-refractivity contribution is 6.09. The summed E-state index contributed by atoms with van der Waals surface area (Å²) >= 11 is 0. The molecule has 0 atom stereocenters. The van der Waals surface area contributed by atoms with E-state index in [1.807, 2.05) is 86.3 Å². The van der Waals surface area contributed by atoms with Crippen LogP contribution in [0.4, 0.5) is 11.4 Å². The van der Waals surface area contributed by atoms with E-state index in [-0.39, 0.29) is 11.8 Å². The summed E-state index contributed by atoms with van der Waals surface area (Å²) in [5, 5.41) is 3.05. The molecule has 0 radical (unpaired) electrons. The molecule has 0 saturated heterocycles. The highest BCUT2D eigenvalue weighted by Crippen LogP contribution is 2.31. The molecule has 4 aromatic rings. The second kappa shape index (κ2) is 8.67. The molecule has 0 aliphatic carbocycles. The predicted molar refractivity (Wildman–Crippen MR) is 136 cm³/mol. The van der Waals surface area contributed by atoms with Gasteiger partial charge in [-0.25, -0.2) is 0 Å². The first-order valence-corrected chi connectivity index (χ1v) is 11.4. The van der Waals surface area contributed by atoms with Gasteiger partial charge >= 0.3 is 0 Å². The molecule has 0 spiro atoms. The van der Waals surface area contributed by atoms with Crippen LogP contribution in [0.5, 0.6) is 0 Å². The molecule has 1 aliphatic rings. The minimum absolute atomic E-state index is 0.0509. The third-order valence-electron chi connectivity index (χ3n) is 6.52. The van der Waals surface area contributed by atoms with E-state index in [9.17, 15) is 9.59 Å². The Morgan fingerprint density at radius 3 is 2.26 bits per heavy atom. The molecule has 0 bridgehead atoms. The first kappa shape index (κ1) is 21.7. The maximum Gasteiger partial charge on any atom is 0.258 e. The van der Waals surface area contributed by atoms with Crippen LogP contribution in [0, 0.1) is 20.8 Å². The number of benzene rings is 3. The van der Waals surface area contributed by atoms with E-state index in [1.165, 1.54) is 0 Å². The van der Waals surface area contributed by atoms with Crippen LogP contribution in [-0.4, -0.2) is 16.4 Å². The van der Waals surface area contributed by atoms with Gasteiger partial charge in [0, 0.05) is 40.9 Å². The van der Waals surface area contributed by atoms with Crippen molar-refractivity contribution in [2.45, 2.75) is 33.9 Å². The Balaban J connectivity index is 1.47. The van der Waals surface area contributed by atoms with Gasteiger partial charge in [0.1, 0.15) is 0 Å². The zero-order valence-corrected chi connectivity index (χ0v) is 19.6. The summed E-state index contributed by atoms with van der Waals surface area (Å²) in [6.07, 6.45) is 2.06. The number of hydrogen-bond acceptors (Lipinski definition) is 2. The van der Waals surface area contributed by atoms with E-state index in [0.29, 0.717) is 17.7 Å². The highest BCUT2D eigenvalue weighted by atomic mass is 16.2. The molecule has 5 nitrogen and oxygen atoms in total. The molecule has 1 aromatic heterocycles. The van der Waals surface area contributed by atoms with Crippen LogP contribution < -0.4 is 10.2 Å². The molecule has 2 amide bonds. The fourth-order valence-electron chi connectivity index (χ4n) is 4.72. The topological polar surface area (TPSA) is 54.3 Å². The van der Waals surface area contributed by atoms with Crippen molar-refractivity contribution >= 4 is 23.2 Å². The Morgan fingerprint density at radius 2 is 1.50 bits per heavy atom. The molecule has 3 aromatic carbocycles. The van der Waals surface area contributed by atoms with E-state index in [1.54, 1.807) is 0 Å². The molecule has 2 heterocycles. The largest absolute Gasteiger partial charge is 0.345 e. The lowest BCUT2D eigenvalue weighted by Crippen LogP contribution is -2.30. The Bertz CT molecular complexity index is 1390. The third kappa shape index (κ3) is 3.90. The number of hydrogen-bond donors (Lipinski definition) is 1. The van der Waals surface area contributed by atoms with Crippen molar-refractivity contribution in [3.05, 3.63) is 118 Å². The molecular formula is C29H27N3O2. The zero-order chi connectivity index (χ0) is 23.8. The molecule has 1 aliphatic heterocycles. The van der Waals surface area contributed by atoms with Crippen molar-refractivity contribution in [1.82, 2.24) is 4.57 Å². The Morgan fingerprint density at radius 1 is 0.794 bits per heavy atom. The van der Waals surface area contributed by atoms with Gasteiger partial charge in [-0.2, -0.15) is 0 Å². The minimum Gasteiger partial charge on any atom is -0.345 e. The smallest absolute Gasteiger partial charge is 0.258 e. The second-order valence-corrected chi connectivity index (χ2v) is 8.90. The molecular weight excluding hydrogens is 422 g/mol. The number of nitrogens with one attached hydrogen (secondary N) is 1. The molecule has 0 saturated carbocycles. The summed E-state index contributed by atoms with van der Waals surface area (Å²) in [5.41, 5.74) is 7.78. The van der Waals surface area contributed by atoms with Crippen molar-refractivity contribution < 1.29 is 9.59 Å². The molecule has 5 heteroatoms. The number of amides is 2.